The number of hydrogen-bond acceptors (Lipinski definition) is 6. The predicted octanol–water partition coefficient (Wildman–Crippen LogP) is 2.10. The van der Waals surface area contributed by atoms with Crippen LogP contribution in [0.2, 0.25) is 0 Å². The summed E-state index contributed by atoms with van der Waals surface area (Å²) >= 11 is 0. The van der Waals surface area contributed by atoms with Crippen molar-refractivity contribution in [3.63, 3.8) is 0 Å². The van der Waals surface area contributed by atoms with Gasteiger partial charge in [-0.25, -0.2) is 0 Å². The SMILES string of the molecule is CC(=O)N[C@@H]1[C@H](OCc2ccc3ccccc3c2)O[C@@H]2COC(C)(C)O[C@@H]2[C@H]1O. The Morgan fingerprint density at radius 1 is 1.24 bits per heavy atom. The zero-order valence-corrected chi connectivity index (χ0v) is 16.8. The van der Waals surface area contributed by atoms with Crippen LogP contribution in [-0.2, 0) is 30.3 Å². The van der Waals surface area contributed by atoms with Crippen LogP contribution >= 0.6 is 0 Å². The van der Waals surface area contributed by atoms with Crippen molar-refractivity contribution in [2.45, 2.75) is 63.8 Å². The van der Waals surface area contributed by atoms with Crippen molar-refractivity contribution >= 4 is 16.7 Å². The van der Waals surface area contributed by atoms with Gasteiger partial charge in [-0.3, -0.25) is 4.79 Å². The molecule has 0 radical (unpaired) electrons. The van der Waals surface area contributed by atoms with Gasteiger partial charge in [-0.2, -0.15) is 0 Å². The smallest absolute Gasteiger partial charge is 0.217 e. The maximum Gasteiger partial charge on any atom is 0.217 e. The number of ether oxygens (including phenoxy) is 4. The second-order valence-corrected chi connectivity index (χ2v) is 8.05. The molecule has 0 aliphatic carbocycles. The molecule has 0 spiro atoms. The van der Waals surface area contributed by atoms with Crippen molar-refractivity contribution in [1.29, 1.82) is 0 Å². The molecule has 2 aliphatic heterocycles. The van der Waals surface area contributed by atoms with Gasteiger partial charge < -0.3 is 29.4 Å². The van der Waals surface area contributed by atoms with Crippen LogP contribution in [0.5, 0.6) is 0 Å². The van der Waals surface area contributed by atoms with E-state index in [1.807, 2.05) is 30.3 Å². The highest BCUT2D eigenvalue weighted by Crippen LogP contribution is 2.33. The molecule has 2 aromatic carbocycles. The monoisotopic (exact) mass is 401 g/mol. The quantitative estimate of drug-likeness (QED) is 0.816. The molecule has 2 fully saturated rings. The van der Waals surface area contributed by atoms with Gasteiger partial charge in [0.25, 0.3) is 0 Å². The van der Waals surface area contributed by atoms with E-state index in [0.717, 1.165) is 16.3 Å². The summed E-state index contributed by atoms with van der Waals surface area (Å²) in [6.07, 6.45) is -2.90. The molecule has 2 heterocycles. The van der Waals surface area contributed by atoms with Gasteiger partial charge in [0.15, 0.2) is 12.1 Å². The Hall–Kier alpha value is -2.03. The molecule has 0 aromatic heterocycles. The molecule has 4 rings (SSSR count). The Kier molecular flexibility index (Phi) is 5.59. The predicted molar refractivity (Wildman–Crippen MR) is 106 cm³/mol. The number of benzene rings is 2. The zero-order chi connectivity index (χ0) is 20.6. The molecular weight excluding hydrogens is 374 g/mol. The lowest BCUT2D eigenvalue weighted by atomic mass is 9.95. The fourth-order valence-electron chi connectivity index (χ4n) is 3.88. The lowest BCUT2D eigenvalue weighted by Gasteiger charge is -2.49. The highest BCUT2D eigenvalue weighted by molar-refractivity contribution is 5.82. The minimum absolute atomic E-state index is 0.275. The third-order valence-corrected chi connectivity index (χ3v) is 5.29. The number of rotatable bonds is 4. The summed E-state index contributed by atoms with van der Waals surface area (Å²) in [6.45, 7) is 5.52. The molecule has 0 bridgehead atoms. The first-order valence-corrected chi connectivity index (χ1v) is 9.84. The van der Waals surface area contributed by atoms with Crippen molar-refractivity contribution in [3.8, 4) is 0 Å². The van der Waals surface area contributed by atoms with Crippen LogP contribution < -0.4 is 5.32 Å². The van der Waals surface area contributed by atoms with Crippen molar-refractivity contribution in [1.82, 2.24) is 5.32 Å². The second-order valence-electron chi connectivity index (χ2n) is 8.05. The fourth-order valence-corrected chi connectivity index (χ4v) is 3.88. The summed E-state index contributed by atoms with van der Waals surface area (Å²) in [4.78, 5) is 11.7. The van der Waals surface area contributed by atoms with Crippen molar-refractivity contribution < 1.29 is 28.8 Å². The Bertz CT molecular complexity index is 884. The average Bonchev–Trinajstić information content (AvgIpc) is 2.68. The van der Waals surface area contributed by atoms with E-state index in [-0.39, 0.29) is 19.1 Å². The molecule has 0 saturated carbocycles. The number of fused-ring (bicyclic) bond motifs is 2. The van der Waals surface area contributed by atoms with Crippen molar-refractivity contribution in [2.75, 3.05) is 6.61 Å². The first-order valence-electron chi connectivity index (χ1n) is 9.84. The van der Waals surface area contributed by atoms with Gasteiger partial charge in [0.2, 0.25) is 5.91 Å². The molecule has 7 heteroatoms. The van der Waals surface area contributed by atoms with E-state index < -0.39 is 36.4 Å². The minimum Gasteiger partial charge on any atom is -0.388 e. The van der Waals surface area contributed by atoms with E-state index in [1.165, 1.54) is 6.92 Å². The van der Waals surface area contributed by atoms with E-state index in [0.29, 0.717) is 0 Å². The molecule has 5 atom stereocenters. The molecule has 1 amide bonds. The number of aliphatic hydroxyl groups excluding tert-OH is 1. The van der Waals surface area contributed by atoms with Gasteiger partial charge in [-0.15, -0.1) is 0 Å². The number of amides is 1. The molecule has 7 nitrogen and oxygen atoms in total. The molecule has 156 valence electrons. The normalized spacial score (nSPS) is 31.2. The minimum atomic E-state index is -0.984. The number of carbonyl (C=O) groups is 1. The van der Waals surface area contributed by atoms with Gasteiger partial charge in [0.1, 0.15) is 24.4 Å². The first kappa shape index (κ1) is 20.3. The number of hydrogen-bond donors (Lipinski definition) is 2. The third-order valence-electron chi connectivity index (χ3n) is 5.29. The number of aliphatic hydroxyl groups is 1. The average molecular weight is 401 g/mol. The summed E-state index contributed by atoms with van der Waals surface area (Å²) in [7, 11) is 0. The molecular formula is C22H27NO6. The van der Waals surface area contributed by atoms with Crippen molar-refractivity contribution in [2.24, 2.45) is 0 Å². The van der Waals surface area contributed by atoms with Crippen LogP contribution in [0.25, 0.3) is 10.8 Å². The highest BCUT2D eigenvalue weighted by atomic mass is 16.8. The Morgan fingerprint density at radius 2 is 2.00 bits per heavy atom. The number of carbonyl (C=O) groups excluding carboxylic acids is 1. The van der Waals surface area contributed by atoms with Gasteiger partial charge in [0.05, 0.1) is 13.2 Å². The Balaban J connectivity index is 1.50. The van der Waals surface area contributed by atoms with Crippen LogP contribution in [0.4, 0.5) is 0 Å². The Morgan fingerprint density at radius 3 is 2.76 bits per heavy atom. The standard InChI is InChI=1S/C22H27NO6/c1-13(24)23-18-19(25)20-17(12-27-22(2,3)29-20)28-21(18)26-11-14-8-9-15-6-4-5-7-16(15)10-14/h4-10,17-21,25H,11-12H2,1-3H3,(H,23,24)/t17-,18+,19+,20+,21-/m1/s1. The van der Waals surface area contributed by atoms with Gasteiger partial charge in [0, 0.05) is 6.92 Å². The number of nitrogens with one attached hydrogen (secondary N) is 1. The summed E-state index contributed by atoms with van der Waals surface area (Å²) < 4.78 is 23.5. The molecule has 0 unspecified atom stereocenters. The van der Waals surface area contributed by atoms with E-state index in [1.54, 1.807) is 13.8 Å². The molecule has 2 aliphatic rings. The van der Waals surface area contributed by atoms with Crippen LogP contribution in [0.15, 0.2) is 42.5 Å². The zero-order valence-electron chi connectivity index (χ0n) is 16.8. The molecule has 29 heavy (non-hydrogen) atoms. The summed E-state index contributed by atoms with van der Waals surface area (Å²) in [5, 5.41) is 15.9. The Labute approximate surface area is 169 Å². The van der Waals surface area contributed by atoms with Crippen molar-refractivity contribution in [3.05, 3.63) is 48.0 Å². The van der Waals surface area contributed by atoms with Gasteiger partial charge in [-0.1, -0.05) is 36.4 Å². The largest absolute Gasteiger partial charge is 0.388 e. The van der Waals surface area contributed by atoms with E-state index in [9.17, 15) is 9.90 Å². The second kappa shape index (κ2) is 8.01. The lowest BCUT2D eigenvalue weighted by molar-refractivity contribution is -0.369. The molecule has 2 N–H and O–H groups in total. The van der Waals surface area contributed by atoms with Crippen LogP contribution in [-0.4, -0.2) is 54.1 Å². The van der Waals surface area contributed by atoms with Crippen LogP contribution in [0, 0.1) is 0 Å². The molecule has 2 aromatic rings. The fraction of sp³-hybridized carbons (Fsp3) is 0.500. The highest BCUT2D eigenvalue weighted by Gasteiger charge is 2.51. The maximum absolute atomic E-state index is 11.7. The van der Waals surface area contributed by atoms with E-state index >= 15 is 0 Å². The summed E-state index contributed by atoms with van der Waals surface area (Å²) in [5.74, 6) is -1.10. The van der Waals surface area contributed by atoms with E-state index in [2.05, 4.69) is 17.4 Å². The van der Waals surface area contributed by atoms with Gasteiger partial charge >= 0.3 is 0 Å². The van der Waals surface area contributed by atoms with Gasteiger partial charge in [-0.05, 0) is 36.2 Å². The van der Waals surface area contributed by atoms with Crippen LogP contribution in [0.1, 0.15) is 26.3 Å². The first-order chi connectivity index (χ1) is 13.8. The summed E-state index contributed by atoms with van der Waals surface area (Å²) in [5.41, 5.74) is 0.975. The summed E-state index contributed by atoms with van der Waals surface area (Å²) in [6, 6.07) is 13.4. The van der Waals surface area contributed by atoms with Crippen LogP contribution in [0.3, 0.4) is 0 Å². The molecule has 2 saturated heterocycles. The third kappa shape index (κ3) is 4.44. The topological polar surface area (TPSA) is 86.3 Å². The van der Waals surface area contributed by atoms with E-state index in [4.69, 9.17) is 18.9 Å². The lowest BCUT2D eigenvalue weighted by Crippen LogP contribution is -2.68. The maximum atomic E-state index is 11.7.